The van der Waals surface area contributed by atoms with Crippen LogP contribution in [0.3, 0.4) is 0 Å². The molecule has 0 aliphatic rings. The fourth-order valence-electron chi connectivity index (χ4n) is 1.41. The van der Waals surface area contributed by atoms with Crippen LogP contribution in [-0.2, 0) is 0 Å². The Bertz CT molecular complexity index is 511. The number of hydrogen-bond acceptors (Lipinski definition) is 3. The largest absolute Gasteiger partial charge is 0.439 e. The smallest absolute Gasteiger partial charge is 0.387 e. The van der Waals surface area contributed by atoms with Crippen LogP contribution in [0.1, 0.15) is 18.2 Å². The van der Waals surface area contributed by atoms with Gasteiger partial charge in [0.15, 0.2) is 5.76 Å². The van der Waals surface area contributed by atoms with E-state index in [2.05, 4.69) is 9.72 Å². The van der Waals surface area contributed by atoms with Crippen LogP contribution < -0.4 is 4.74 Å². The summed E-state index contributed by atoms with van der Waals surface area (Å²) in [4.78, 5) is 4.01. The first-order valence-electron chi connectivity index (χ1n) is 5.21. The van der Waals surface area contributed by atoms with Crippen molar-refractivity contribution in [1.29, 1.82) is 0 Å². The highest BCUT2D eigenvalue weighted by atomic mass is 35.5. The average molecular weight is 274 g/mol. The third-order valence-corrected chi connectivity index (χ3v) is 2.41. The fourth-order valence-corrected chi connectivity index (χ4v) is 1.51. The van der Waals surface area contributed by atoms with Crippen molar-refractivity contribution in [2.24, 2.45) is 0 Å². The molecule has 0 saturated heterocycles. The summed E-state index contributed by atoms with van der Waals surface area (Å²) in [5, 5.41) is -0.319. The molecular weight excluding hydrogens is 264 g/mol. The van der Waals surface area contributed by atoms with Gasteiger partial charge in [0.25, 0.3) is 0 Å². The highest BCUT2D eigenvalue weighted by Crippen LogP contribution is 2.27. The molecule has 0 radical (unpaired) electrons. The van der Waals surface area contributed by atoms with Crippen LogP contribution >= 0.6 is 11.6 Å². The molecule has 1 unspecified atom stereocenters. The number of alkyl halides is 3. The summed E-state index contributed by atoms with van der Waals surface area (Å²) in [6.07, 6.45) is 1.54. The first kappa shape index (κ1) is 12.8. The Morgan fingerprint density at radius 1 is 1.28 bits per heavy atom. The number of aromatic nitrogens is 1. The molecule has 6 heteroatoms. The van der Waals surface area contributed by atoms with Gasteiger partial charge in [-0.3, -0.25) is 0 Å². The number of hydrogen-bond donors (Lipinski definition) is 0. The van der Waals surface area contributed by atoms with Crippen LogP contribution in [0, 0.1) is 0 Å². The standard InChI is InChI=1S/C12H10ClF2NO2/c1-7(13)11-16-6-10(18-11)8-2-4-9(5-3-8)17-12(14)15/h2-7,12H,1H3. The van der Waals surface area contributed by atoms with E-state index >= 15 is 0 Å². The summed E-state index contributed by atoms with van der Waals surface area (Å²) >= 11 is 5.83. The molecule has 1 atom stereocenters. The number of oxazole rings is 1. The van der Waals surface area contributed by atoms with Gasteiger partial charge in [-0.15, -0.1) is 11.6 Å². The molecule has 3 nitrogen and oxygen atoms in total. The number of nitrogens with zero attached hydrogens (tertiary/aromatic N) is 1. The van der Waals surface area contributed by atoms with Gasteiger partial charge in [0.1, 0.15) is 11.1 Å². The quantitative estimate of drug-likeness (QED) is 0.782. The topological polar surface area (TPSA) is 35.3 Å². The molecule has 0 saturated carbocycles. The SMILES string of the molecule is CC(Cl)c1ncc(-c2ccc(OC(F)F)cc2)o1. The van der Waals surface area contributed by atoms with E-state index in [0.29, 0.717) is 17.2 Å². The van der Waals surface area contributed by atoms with Crippen molar-refractivity contribution >= 4 is 11.6 Å². The van der Waals surface area contributed by atoms with Crippen LogP contribution in [0.4, 0.5) is 8.78 Å². The molecule has 2 rings (SSSR count). The molecule has 2 aromatic rings. The minimum absolute atomic E-state index is 0.0965. The molecular formula is C12H10ClF2NO2. The van der Waals surface area contributed by atoms with Gasteiger partial charge >= 0.3 is 6.61 Å². The van der Waals surface area contributed by atoms with Crippen LogP contribution in [-0.4, -0.2) is 11.6 Å². The van der Waals surface area contributed by atoms with Crippen molar-refractivity contribution in [1.82, 2.24) is 4.98 Å². The third-order valence-electron chi connectivity index (χ3n) is 2.23. The average Bonchev–Trinajstić information content (AvgIpc) is 2.78. The zero-order chi connectivity index (χ0) is 13.1. The first-order chi connectivity index (χ1) is 8.56. The molecule has 0 spiro atoms. The molecule has 0 N–H and O–H groups in total. The van der Waals surface area contributed by atoms with Crippen molar-refractivity contribution in [2.75, 3.05) is 0 Å². The lowest BCUT2D eigenvalue weighted by molar-refractivity contribution is -0.0498. The lowest BCUT2D eigenvalue weighted by Crippen LogP contribution is -2.01. The molecule has 1 heterocycles. The molecule has 0 amide bonds. The zero-order valence-corrected chi connectivity index (χ0v) is 10.2. The van der Waals surface area contributed by atoms with E-state index in [1.165, 1.54) is 18.3 Å². The third kappa shape index (κ3) is 2.98. The predicted octanol–water partition coefficient (Wildman–Crippen LogP) is 4.24. The van der Waals surface area contributed by atoms with Gasteiger partial charge in [-0.25, -0.2) is 4.98 Å². The van der Waals surface area contributed by atoms with Crippen LogP contribution in [0.25, 0.3) is 11.3 Å². The van der Waals surface area contributed by atoms with Crippen LogP contribution in [0.2, 0.25) is 0 Å². The molecule has 0 aliphatic carbocycles. The van der Waals surface area contributed by atoms with Crippen molar-refractivity contribution in [3.63, 3.8) is 0 Å². The Kier molecular flexibility index (Phi) is 3.81. The molecule has 96 valence electrons. The second-order valence-corrected chi connectivity index (χ2v) is 4.24. The number of halogens is 3. The predicted molar refractivity (Wildman–Crippen MR) is 62.8 cm³/mol. The monoisotopic (exact) mass is 273 g/mol. The normalized spacial score (nSPS) is 12.7. The second kappa shape index (κ2) is 5.35. The van der Waals surface area contributed by atoms with E-state index in [1.807, 2.05) is 0 Å². The van der Waals surface area contributed by atoms with Crippen molar-refractivity contribution in [3.8, 4) is 17.1 Å². The molecule has 0 aliphatic heterocycles. The van der Waals surface area contributed by atoms with E-state index in [1.54, 1.807) is 19.1 Å². The van der Waals surface area contributed by atoms with Gasteiger partial charge in [0, 0.05) is 5.56 Å². The van der Waals surface area contributed by atoms with E-state index in [0.717, 1.165) is 0 Å². The highest BCUT2D eigenvalue weighted by Gasteiger charge is 2.11. The summed E-state index contributed by atoms with van der Waals surface area (Å²) in [6.45, 7) is -1.08. The van der Waals surface area contributed by atoms with Gasteiger partial charge in [0.2, 0.25) is 5.89 Å². The van der Waals surface area contributed by atoms with Gasteiger partial charge in [-0.05, 0) is 31.2 Å². The lowest BCUT2D eigenvalue weighted by atomic mass is 10.2. The van der Waals surface area contributed by atoms with E-state index in [9.17, 15) is 8.78 Å². The molecule has 0 fully saturated rings. The Hall–Kier alpha value is -1.62. The first-order valence-corrected chi connectivity index (χ1v) is 5.65. The molecule has 1 aromatic heterocycles. The maximum absolute atomic E-state index is 12.0. The summed E-state index contributed by atoms with van der Waals surface area (Å²) in [5.74, 6) is 1.04. The summed E-state index contributed by atoms with van der Waals surface area (Å²) in [7, 11) is 0. The van der Waals surface area contributed by atoms with Gasteiger partial charge in [-0.2, -0.15) is 8.78 Å². The van der Waals surface area contributed by atoms with Crippen molar-refractivity contribution < 1.29 is 17.9 Å². The highest BCUT2D eigenvalue weighted by molar-refractivity contribution is 6.20. The fraction of sp³-hybridized carbons (Fsp3) is 0.250. The maximum atomic E-state index is 12.0. The van der Waals surface area contributed by atoms with Gasteiger partial charge in [-0.1, -0.05) is 0 Å². The van der Waals surface area contributed by atoms with Crippen LogP contribution in [0.5, 0.6) is 5.75 Å². The number of rotatable bonds is 4. The van der Waals surface area contributed by atoms with Crippen molar-refractivity contribution in [3.05, 3.63) is 36.4 Å². The zero-order valence-electron chi connectivity index (χ0n) is 9.44. The summed E-state index contributed by atoms with van der Waals surface area (Å²) in [5.41, 5.74) is 0.715. The summed E-state index contributed by atoms with van der Waals surface area (Å²) < 4.78 is 33.6. The van der Waals surface area contributed by atoms with E-state index in [4.69, 9.17) is 16.0 Å². The summed E-state index contributed by atoms with van der Waals surface area (Å²) in [6, 6.07) is 6.10. The maximum Gasteiger partial charge on any atom is 0.387 e. The minimum Gasteiger partial charge on any atom is -0.439 e. The van der Waals surface area contributed by atoms with E-state index in [-0.39, 0.29) is 11.1 Å². The number of benzene rings is 1. The molecule has 0 bridgehead atoms. The molecule has 18 heavy (non-hydrogen) atoms. The number of ether oxygens (including phenoxy) is 1. The van der Waals surface area contributed by atoms with Crippen LogP contribution in [0.15, 0.2) is 34.9 Å². The molecule has 1 aromatic carbocycles. The van der Waals surface area contributed by atoms with Gasteiger partial charge < -0.3 is 9.15 Å². The minimum atomic E-state index is -2.83. The Balaban J connectivity index is 2.17. The van der Waals surface area contributed by atoms with Gasteiger partial charge in [0.05, 0.1) is 6.20 Å². The van der Waals surface area contributed by atoms with E-state index < -0.39 is 6.61 Å². The Morgan fingerprint density at radius 2 is 1.94 bits per heavy atom. The lowest BCUT2D eigenvalue weighted by Gasteiger charge is -2.04. The second-order valence-electron chi connectivity index (χ2n) is 3.58. The Morgan fingerprint density at radius 3 is 2.44 bits per heavy atom. The Labute approximate surface area is 107 Å². The van der Waals surface area contributed by atoms with Crippen molar-refractivity contribution in [2.45, 2.75) is 18.9 Å².